The highest BCUT2D eigenvalue weighted by molar-refractivity contribution is 6.33. The lowest BCUT2D eigenvalue weighted by molar-refractivity contribution is 0.0601. The minimum atomic E-state index is -0.652. The molecule has 2 aromatic rings. The number of ether oxygens (including phenoxy) is 1. The van der Waals surface area contributed by atoms with Crippen LogP contribution in [0.4, 0.5) is 14.5 Å². The summed E-state index contributed by atoms with van der Waals surface area (Å²) in [4.78, 5) is 11.4. The van der Waals surface area contributed by atoms with E-state index in [2.05, 4.69) is 10.1 Å². The van der Waals surface area contributed by atoms with Crippen molar-refractivity contribution in [3.8, 4) is 0 Å². The van der Waals surface area contributed by atoms with Crippen molar-refractivity contribution < 1.29 is 18.3 Å². The van der Waals surface area contributed by atoms with Gasteiger partial charge in [0.1, 0.15) is 11.6 Å². The highest BCUT2D eigenvalue weighted by Crippen LogP contribution is 2.24. The molecule has 1 N–H and O–H groups in total. The van der Waals surface area contributed by atoms with Crippen molar-refractivity contribution in [1.82, 2.24) is 0 Å². The zero-order valence-electron chi connectivity index (χ0n) is 11.1. The fourth-order valence-corrected chi connectivity index (χ4v) is 2.00. The molecule has 0 radical (unpaired) electrons. The summed E-state index contributed by atoms with van der Waals surface area (Å²) in [6.07, 6.45) is 0. The quantitative estimate of drug-likeness (QED) is 0.867. The van der Waals surface area contributed by atoms with Gasteiger partial charge in [0.2, 0.25) is 0 Å². The second kappa shape index (κ2) is 6.54. The van der Waals surface area contributed by atoms with Crippen molar-refractivity contribution in [2.24, 2.45) is 0 Å². The van der Waals surface area contributed by atoms with E-state index in [-0.39, 0.29) is 6.54 Å². The van der Waals surface area contributed by atoms with E-state index in [1.807, 2.05) is 0 Å². The van der Waals surface area contributed by atoms with Gasteiger partial charge in [0, 0.05) is 12.6 Å². The second-order valence-corrected chi connectivity index (χ2v) is 4.72. The van der Waals surface area contributed by atoms with Crippen LogP contribution in [0.3, 0.4) is 0 Å². The number of carbonyl (C=O) groups excluding carboxylic acids is 1. The predicted molar refractivity (Wildman–Crippen MR) is 76.5 cm³/mol. The number of esters is 1. The molecule has 21 heavy (non-hydrogen) atoms. The van der Waals surface area contributed by atoms with Crippen molar-refractivity contribution in [3.05, 3.63) is 64.2 Å². The molecule has 0 heterocycles. The van der Waals surface area contributed by atoms with Gasteiger partial charge >= 0.3 is 5.97 Å². The molecule has 0 aliphatic rings. The highest BCUT2D eigenvalue weighted by Gasteiger charge is 2.09. The Morgan fingerprint density at radius 3 is 2.48 bits per heavy atom. The molecular weight excluding hydrogens is 300 g/mol. The number of benzene rings is 2. The Balaban J connectivity index is 2.17. The number of anilines is 1. The van der Waals surface area contributed by atoms with Crippen molar-refractivity contribution in [2.75, 3.05) is 12.4 Å². The van der Waals surface area contributed by atoms with Crippen LogP contribution in [0.15, 0.2) is 36.4 Å². The normalized spacial score (nSPS) is 10.3. The van der Waals surface area contributed by atoms with E-state index in [0.29, 0.717) is 21.8 Å². The van der Waals surface area contributed by atoms with Crippen LogP contribution in [0.1, 0.15) is 15.9 Å². The first-order valence-corrected chi connectivity index (χ1v) is 6.44. The minimum absolute atomic E-state index is 0.166. The minimum Gasteiger partial charge on any atom is -0.465 e. The van der Waals surface area contributed by atoms with E-state index in [1.54, 1.807) is 6.07 Å². The average molecular weight is 312 g/mol. The Morgan fingerprint density at radius 1 is 1.19 bits per heavy atom. The third-order valence-corrected chi connectivity index (χ3v) is 3.12. The molecule has 0 amide bonds. The summed E-state index contributed by atoms with van der Waals surface area (Å²) in [7, 11) is 1.28. The van der Waals surface area contributed by atoms with Crippen molar-refractivity contribution in [2.45, 2.75) is 6.54 Å². The first-order chi connectivity index (χ1) is 9.99. The zero-order chi connectivity index (χ0) is 15.4. The van der Waals surface area contributed by atoms with Crippen LogP contribution in [0.5, 0.6) is 0 Å². The number of methoxy groups -OCH3 is 1. The molecule has 2 aromatic carbocycles. The lowest BCUT2D eigenvalue weighted by Crippen LogP contribution is -2.05. The zero-order valence-corrected chi connectivity index (χ0v) is 11.9. The van der Waals surface area contributed by atoms with E-state index in [4.69, 9.17) is 11.6 Å². The summed E-state index contributed by atoms with van der Waals surface area (Å²) >= 11 is 6.01. The largest absolute Gasteiger partial charge is 0.465 e. The van der Waals surface area contributed by atoms with Gasteiger partial charge in [-0.05, 0) is 35.9 Å². The summed E-state index contributed by atoms with van der Waals surface area (Å²) in [5, 5.41) is 3.32. The Bertz CT molecular complexity index is 656. The lowest BCUT2D eigenvalue weighted by Gasteiger charge is -2.10. The molecule has 3 nitrogen and oxygen atoms in total. The summed E-state index contributed by atoms with van der Waals surface area (Å²) in [6, 6.07) is 7.82. The molecule has 2 rings (SSSR count). The second-order valence-electron chi connectivity index (χ2n) is 4.32. The molecule has 0 aliphatic heterocycles. The van der Waals surface area contributed by atoms with Gasteiger partial charge < -0.3 is 10.1 Å². The maximum Gasteiger partial charge on any atom is 0.337 e. The molecule has 0 saturated heterocycles. The molecule has 0 aliphatic carbocycles. The Kier molecular flexibility index (Phi) is 4.75. The van der Waals surface area contributed by atoms with Gasteiger partial charge in [0.25, 0.3) is 0 Å². The molecule has 0 saturated carbocycles. The van der Waals surface area contributed by atoms with Gasteiger partial charge in [0.15, 0.2) is 0 Å². The van der Waals surface area contributed by atoms with E-state index in [0.717, 1.165) is 6.07 Å². The Labute approximate surface area is 125 Å². The van der Waals surface area contributed by atoms with Crippen molar-refractivity contribution >= 4 is 23.3 Å². The third-order valence-electron chi connectivity index (χ3n) is 2.79. The molecule has 0 bridgehead atoms. The number of hydrogen-bond donors (Lipinski definition) is 1. The first kappa shape index (κ1) is 15.3. The fourth-order valence-electron chi connectivity index (χ4n) is 1.82. The number of halogens is 3. The van der Waals surface area contributed by atoms with Crippen LogP contribution >= 0.6 is 11.6 Å². The number of rotatable bonds is 4. The molecule has 0 fully saturated rings. The molecule has 110 valence electrons. The standard InChI is InChI=1S/C15H12ClF2NO2/c1-21-15(20)10-2-3-13(16)14(6-10)19-8-9-4-11(17)7-12(18)5-9/h2-7,19H,8H2,1H3. The third kappa shape index (κ3) is 3.92. The van der Waals surface area contributed by atoms with Gasteiger partial charge in [-0.3, -0.25) is 0 Å². The van der Waals surface area contributed by atoms with Gasteiger partial charge in [-0.15, -0.1) is 0 Å². The topological polar surface area (TPSA) is 38.3 Å². The van der Waals surface area contributed by atoms with Crippen LogP contribution in [-0.4, -0.2) is 13.1 Å². The Hall–Kier alpha value is -2.14. The maximum atomic E-state index is 13.1. The van der Waals surface area contributed by atoms with Crippen LogP contribution in [0.2, 0.25) is 5.02 Å². The van der Waals surface area contributed by atoms with Gasteiger partial charge in [-0.25, -0.2) is 13.6 Å². The number of carbonyl (C=O) groups is 1. The molecule has 0 atom stereocenters. The number of hydrogen-bond acceptors (Lipinski definition) is 3. The van der Waals surface area contributed by atoms with Crippen LogP contribution in [0.25, 0.3) is 0 Å². The molecule has 0 spiro atoms. The SMILES string of the molecule is COC(=O)c1ccc(Cl)c(NCc2cc(F)cc(F)c2)c1. The molecule has 6 heteroatoms. The van der Waals surface area contributed by atoms with Crippen LogP contribution < -0.4 is 5.32 Å². The van der Waals surface area contributed by atoms with E-state index in [9.17, 15) is 13.6 Å². The molecule has 0 aromatic heterocycles. The van der Waals surface area contributed by atoms with E-state index in [1.165, 1.54) is 31.4 Å². The van der Waals surface area contributed by atoms with E-state index >= 15 is 0 Å². The van der Waals surface area contributed by atoms with Crippen LogP contribution in [0, 0.1) is 11.6 Å². The molecular formula is C15H12ClF2NO2. The average Bonchev–Trinajstić information content (AvgIpc) is 2.44. The smallest absolute Gasteiger partial charge is 0.337 e. The lowest BCUT2D eigenvalue weighted by atomic mass is 10.1. The summed E-state index contributed by atoms with van der Waals surface area (Å²) < 4.78 is 30.8. The summed E-state index contributed by atoms with van der Waals surface area (Å²) in [5.41, 5.74) is 1.23. The fraction of sp³-hybridized carbons (Fsp3) is 0.133. The van der Waals surface area contributed by atoms with Gasteiger partial charge in [0.05, 0.1) is 23.4 Å². The van der Waals surface area contributed by atoms with Gasteiger partial charge in [-0.2, -0.15) is 0 Å². The summed E-state index contributed by atoms with van der Waals surface area (Å²) in [5.74, 6) is -1.80. The van der Waals surface area contributed by atoms with Crippen LogP contribution in [-0.2, 0) is 11.3 Å². The maximum absolute atomic E-state index is 13.1. The van der Waals surface area contributed by atoms with Gasteiger partial charge in [-0.1, -0.05) is 11.6 Å². The predicted octanol–water partition coefficient (Wildman–Crippen LogP) is 4.02. The Morgan fingerprint density at radius 2 is 1.86 bits per heavy atom. The number of nitrogens with one attached hydrogen (secondary N) is 1. The van der Waals surface area contributed by atoms with Crippen molar-refractivity contribution in [3.63, 3.8) is 0 Å². The molecule has 0 unspecified atom stereocenters. The first-order valence-electron chi connectivity index (χ1n) is 6.06. The highest BCUT2D eigenvalue weighted by atomic mass is 35.5. The monoisotopic (exact) mass is 311 g/mol. The summed E-state index contributed by atoms with van der Waals surface area (Å²) in [6.45, 7) is 0.166. The van der Waals surface area contributed by atoms with Crippen molar-refractivity contribution in [1.29, 1.82) is 0 Å². The van der Waals surface area contributed by atoms with E-state index < -0.39 is 17.6 Å².